The second-order valence-electron chi connectivity index (χ2n) is 3.26. The zero-order valence-corrected chi connectivity index (χ0v) is 9.17. The number of benzene rings is 1. The molecule has 0 bridgehead atoms. The van der Waals surface area contributed by atoms with Gasteiger partial charge in [0.15, 0.2) is 0 Å². The van der Waals surface area contributed by atoms with Crippen LogP contribution in [0.25, 0.3) is 0 Å². The van der Waals surface area contributed by atoms with Crippen LogP contribution in [0.15, 0.2) is 30.3 Å². The summed E-state index contributed by atoms with van der Waals surface area (Å²) < 4.78 is 0. The van der Waals surface area contributed by atoms with Crippen molar-refractivity contribution in [2.75, 3.05) is 6.26 Å². The molecule has 80 valence electrons. The van der Waals surface area contributed by atoms with Crippen LogP contribution in [0.1, 0.15) is 11.6 Å². The summed E-state index contributed by atoms with van der Waals surface area (Å²) in [5, 5.41) is 2.87. The zero-order chi connectivity index (χ0) is 10.7. The number of hydrogen-bond acceptors (Lipinski definition) is 4. The van der Waals surface area contributed by atoms with Crippen LogP contribution in [0, 0.1) is 0 Å². The highest BCUT2D eigenvalue weighted by Gasteiger charge is 2.27. The molecule has 0 aliphatic carbocycles. The van der Waals surface area contributed by atoms with Gasteiger partial charge in [0.25, 0.3) is 0 Å². The molecule has 0 aromatic heterocycles. The van der Waals surface area contributed by atoms with Gasteiger partial charge >= 0.3 is 0 Å². The van der Waals surface area contributed by atoms with Gasteiger partial charge in [0.1, 0.15) is 11.5 Å². The minimum atomic E-state index is -0.311. The standard InChI is InChI=1S/C10H13N3OS/c1-15-10-11-9(14)8(12-13-10)7-5-3-2-4-6-7/h2-6,8,10,12-13H,1H3,(H,11,14). The molecule has 5 heteroatoms. The molecule has 1 aliphatic heterocycles. The molecule has 15 heavy (non-hydrogen) atoms. The van der Waals surface area contributed by atoms with Gasteiger partial charge in [-0.15, -0.1) is 11.8 Å². The van der Waals surface area contributed by atoms with Crippen LogP contribution < -0.4 is 16.2 Å². The zero-order valence-electron chi connectivity index (χ0n) is 8.36. The summed E-state index contributed by atoms with van der Waals surface area (Å²) >= 11 is 1.54. The second kappa shape index (κ2) is 4.65. The van der Waals surface area contributed by atoms with Crippen LogP contribution >= 0.6 is 11.8 Å². The number of amides is 1. The monoisotopic (exact) mass is 223 g/mol. The van der Waals surface area contributed by atoms with Crippen LogP contribution in [-0.2, 0) is 4.79 Å². The molecule has 1 aliphatic rings. The number of carbonyl (C=O) groups excluding carboxylic acids is 1. The lowest BCUT2D eigenvalue weighted by Gasteiger charge is -2.30. The van der Waals surface area contributed by atoms with Gasteiger partial charge in [-0.05, 0) is 11.8 Å². The number of carbonyl (C=O) groups is 1. The summed E-state index contributed by atoms with van der Waals surface area (Å²) in [5.74, 6) is -0.000648. The van der Waals surface area contributed by atoms with E-state index in [0.29, 0.717) is 0 Å². The van der Waals surface area contributed by atoms with Crippen molar-refractivity contribution in [3.8, 4) is 0 Å². The average molecular weight is 223 g/mol. The number of hydrogen-bond donors (Lipinski definition) is 3. The number of hydrazine groups is 1. The van der Waals surface area contributed by atoms with Crippen LogP contribution in [0.5, 0.6) is 0 Å². The highest BCUT2D eigenvalue weighted by atomic mass is 32.2. The molecule has 4 nitrogen and oxygen atoms in total. The maximum atomic E-state index is 11.7. The molecule has 2 rings (SSSR count). The molecule has 0 radical (unpaired) electrons. The van der Waals surface area contributed by atoms with E-state index in [0.717, 1.165) is 5.56 Å². The Morgan fingerprint density at radius 1 is 1.20 bits per heavy atom. The number of thioether (sulfide) groups is 1. The van der Waals surface area contributed by atoms with Gasteiger partial charge < -0.3 is 5.32 Å². The average Bonchev–Trinajstić information content (AvgIpc) is 2.30. The molecule has 1 saturated heterocycles. The SMILES string of the molecule is CSC1NNC(c2ccccc2)C(=O)N1. The first-order chi connectivity index (χ1) is 7.31. The topological polar surface area (TPSA) is 53.2 Å². The van der Waals surface area contributed by atoms with Crippen LogP contribution in [0.2, 0.25) is 0 Å². The molecule has 1 heterocycles. The Morgan fingerprint density at radius 2 is 1.93 bits per heavy atom. The molecule has 1 amide bonds. The van der Waals surface area contributed by atoms with Crippen molar-refractivity contribution in [1.29, 1.82) is 0 Å². The lowest BCUT2D eigenvalue weighted by atomic mass is 10.1. The molecular weight excluding hydrogens is 210 g/mol. The first kappa shape index (κ1) is 10.5. The van der Waals surface area contributed by atoms with Gasteiger partial charge in [0, 0.05) is 0 Å². The van der Waals surface area contributed by atoms with E-state index in [9.17, 15) is 4.79 Å². The van der Waals surface area contributed by atoms with Gasteiger partial charge in [-0.25, -0.2) is 10.9 Å². The third kappa shape index (κ3) is 2.31. The quantitative estimate of drug-likeness (QED) is 0.687. The minimum Gasteiger partial charge on any atom is -0.329 e. The van der Waals surface area contributed by atoms with Crippen molar-refractivity contribution in [3.63, 3.8) is 0 Å². The molecule has 1 aromatic carbocycles. The van der Waals surface area contributed by atoms with Crippen LogP contribution in [0.3, 0.4) is 0 Å². The first-order valence-corrected chi connectivity index (χ1v) is 5.99. The lowest BCUT2D eigenvalue weighted by Crippen LogP contribution is -2.59. The molecule has 1 aromatic rings. The third-order valence-corrected chi connectivity index (χ3v) is 2.97. The molecule has 0 spiro atoms. The molecule has 2 atom stereocenters. The van der Waals surface area contributed by atoms with E-state index in [1.807, 2.05) is 36.6 Å². The van der Waals surface area contributed by atoms with Crippen LogP contribution in [-0.4, -0.2) is 17.7 Å². The first-order valence-electron chi connectivity index (χ1n) is 4.70. The summed E-state index contributed by atoms with van der Waals surface area (Å²) in [7, 11) is 0. The van der Waals surface area contributed by atoms with Crippen LogP contribution in [0.4, 0.5) is 0 Å². The summed E-state index contributed by atoms with van der Waals surface area (Å²) in [6.45, 7) is 0. The van der Waals surface area contributed by atoms with E-state index in [2.05, 4.69) is 16.2 Å². The van der Waals surface area contributed by atoms with Gasteiger partial charge in [-0.3, -0.25) is 4.79 Å². The van der Waals surface area contributed by atoms with Crippen molar-refractivity contribution in [2.24, 2.45) is 0 Å². The summed E-state index contributed by atoms with van der Waals surface area (Å²) in [6, 6.07) is 9.32. The van der Waals surface area contributed by atoms with E-state index in [1.54, 1.807) is 11.8 Å². The highest BCUT2D eigenvalue weighted by Crippen LogP contribution is 2.15. The Balaban J connectivity index is 2.10. The highest BCUT2D eigenvalue weighted by molar-refractivity contribution is 7.99. The van der Waals surface area contributed by atoms with Crippen molar-refractivity contribution in [2.45, 2.75) is 11.5 Å². The van der Waals surface area contributed by atoms with Crippen molar-refractivity contribution in [3.05, 3.63) is 35.9 Å². The Bertz CT molecular complexity index is 344. The smallest absolute Gasteiger partial charge is 0.244 e. The molecular formula is C10H13N3OS. The minimum absolute atomic E-state index is 0.000648. The predicted molar refractivity (Wildman–Crippen MR) is 60.9 cm³/mol. The van der Waals surface area contributed by atoms with Crippen molar-refractivity contribution in [1.82, 2.24) is 16.2 Å². The van der Waals surface area contributed by atoms with E-state index < -0.39 is 0 Å². The largest absolute Gasteiger partial charge is 0.329 e. The van der Waals surface area contributed by atoms with E-state index in [4.69, 9.17) is 0 Å². The lowest BCUT2D eigenvalue weighted by molar-refractivity contribution is -0.125. The van der Waals surface area contributed by atoms with Crippen molar-refractivity contribution >= 4 is 17.7 Å². The maximum Gasteiger partial charge on any atom is 0.244 e. The Hall–Kier alpha value is -1.04. The van der Waals surface area contributed by atoms with E-state index in [-0.39, 0.29) is 17.4 Å². The summed E-state index contributed by atoms with van der Waals surface area (Å²) in [4.78, 5) is 11.7. The maximum absolute atomic E-state index is 11.7. The summed E-state index contributed by atoms with van der Waals surface area (Å²) in [6.07, 6.45) is 1.93. The summed E-state index contributed by atoms with van der Waals surface area (Å²) in [5.41, 5.74) is 6.93. The fraction of sp³-hybridized carbons (Fsp3) is 0.300. The number of nitrogens with one attached hydrogen (secondary N) is 3. The van der Waals surface area contributed by atoms with Gasteiger partial charge in [-0.1, -0.05) is 30.3 Å². The van der Waals surface area contributed by atoms with Gasteiger partial charge in [-0.2, -0.15) is 0 Å². The van der Waals surface area contributed by atoms with Gasteiger partial charge in [0.2, 0.25) is 5.91 Å². The fourth-order valence-corrected chi connectivity index (χ4v) is 1.89. The second-order valence-corrected chi connectivity index (χ2v) is 4.20. The number of rotatable bonds is 2. The van der Waals surface area contributed by atoms with Gasteiger partial charge in [0.05, 0.1) is 0 Å². The van der Waals surface area contributed by atoms with E-state index >= 15 is 0 Å². The normalized spacial score (nSPS) is 26.1. The Labute approximate surface area is 92.8 Å². The third-order valence-electron chi connectivity index (χ3n) is 2.26. The fourth-order valence-electron chi connectivity index (χ4n) is 1.47. The van der Waals surface area contributed by atoms with E-state index in [1.165, 1.54) is 0 Å². The molecule has 2 unspecified atom stereocenters. The predicted octanol–water partition coefficient (Wildman–Crippen LogP) is 0.598. The molecule has 3 N–H and O–H groups in total. The van der Waals surface area contributed by atoms with Crippen molar-refractivity contribution < 1.29 is 4.79 Å². The Morgan fingerprint density at radius 3 is 2.53 bits per heavy atom. The Kier molecular flexibility index (Phi) is 3.25. The molecule has 1 fully saturated rings. The molecule has 0 saturated carbocycles.